The van der Waals surface area contributed by atoms with Crippen molar-refractivity contribution < 1.29 is 4.79 Å². The Morgan fingerprint density at radius 1 is 1.24 bits per heavy atom. The highest BCUT2D eigenvalue weighted by Gasteiger charge is 2.17. The fourth-order valence-electron chi connectivity index (χ4n) is 3.12. The highest BCUT2D eigenvalue weighted by atomic mass is 32.1. The summed E-state index contributed by atoms with van der Waals surface area (Å²) < 4.78 is 3.33. The minimum absolute atomic E-state index is 0.205. The van der Waals surface area contributed by atoms with E-state index < -0.39 is 0 Å². The Morgan fingerprint density at radius 3 is 2.76 bits per heavy atom. The van der Waals surface area contributed by atoms with Crippen molar-refractivity contribution in [3.8, 4) is 0 Å². The monoisotopic (exact) mass is 406 g/mol. The third kappa shape index (κ3) is 3.85. The van der Waals surface area contributed by atoms with Gasteiger partial charge in [0.15, 0.2) is 4.77 Å². The van der Waals surface area contributed by atoms with E-state index in [1.807, 2.05) is 30.3 Å². The predicted molar refractivity (Wildman–Crippen MR) is 111 cm³/mol. The maximum absolute atomic E-state index is 13.0. The molecule has 0 fully saturated rings. The summed E-state index contributed by atoms with van der Waals surface area (Å²) in [5.74, 6) is -0.263. The van der Waals surface area contributed by atoms with Crippen LogP contribution in [0.15, 0.2) is 66.0 Å². The Labute approximate surface area is 170 Å². The summed E-state index contributed by atoms with van der Waals surface area (Å²) in [6, 6.07) is 14.3. The summed E-state index contributed by atoms with van der Waals surface area (Å²) in [6.45, 7) is 0.437. The summed E-state index contributed by atoms with van der Waals surface area (Å²) in [5, 5.41) is 7.65. The molecule has 0 bridgehead atoms. The van der Waals surface area contributed by atoms with Gasteiger partial charge in [0, 0.05) is 12.6 Å². The number of rotatable bonds is 5. The molecule has 0 aliphatic rings. The van der Waals surface area contributed by atoms with Crippen molar-refractivity contribution in [3.05, 3.63) is 87.4 Å². The van der Waals surface area contributed by atoms with Crippen LogP contribution in [0.1, 0.15) is 22.0 Å². The quantitative estimate of drug-likeness (QED) is 0.496. The van der Waals surface area contributed by atoms with Crippen LogP contribution in [0.3, 0.4) is 0 Å². The van der Waals surface area contributed by atoms with Crippen LogP contribution in [0.25, 0.3) is 10.9 Å². The van der Waals surface area contributed by atoms with Gasteiger partial charge in [-0.3, -0.25) is 18.8 Å². The molecule has 0 aliphatic heterocycles. The van der Waals surface area contributed by atoms with Crippen molar-refractivity contribution in [2.75, 3.05) is 0 Å². The van der Waals surface area contributed by atoms with Gasteiger partial charge in [-0.1, -0.05) is 30.3 Å². The van der Waals surface area contributed by atoms with Crippen molar-refractivity contribution in [1.29, 1.82) is 0 Å². The van der Waals surface area contributed by atoms with Crippen LogP contribution in [0, 0.1) is 4.77 Å². The summed E-state index contributed by atoms with van der Waals surface area (Å²) >= 11 is 5.17. The molecule has 0 radical (unpaired) electrons. The first-order chi connectivity index (χ1) is 14.0. The molecule has 1 amide bonds. The van der Waals surface area contributed by atoms with Crippen LogP contribution in [-0.4, -0.2) is 30.2 Å². The maximum atomic E-state index is 13.0. The van der Waals surface area contributed by atoms with Gasteiger partial charge in [-0.2, -0.15) is 5.10 Å². The van der Waals surface area contributed by atoms with Crippen molar-refractivity contribution in [2.24, 2.45) is 7.05 Å². The van der Waals surface area contributed by atoms with Gasteiger partial charge >= 0.3 is 0 Å². The van der Waals surface area contributed by atoms with Crippen molar-refractivity contribution in [2.45, 2.75) is 12.6 Å². The molecule has 29 heavy (non-hydrogen) atoms. The van der Waals surface area contributed by atoms with Gasteiger partial charge in [-0.25, -0.2) is 4.98 Å². The molecule has 1 unspecified atom stereocenters. The molecule has 0 saturated heterocycles. The van der Waals surface area contributed by atoms with Crippen LogP contribution in [0.4, 0.5) is 0 Å². The second kappa shape index (κ2) is 7.80. The molecule has 2 heterocycles. The lowest BCUT2D eigenvalue weighted by Gasteiger charge is -2.19. The fourth-order valence-corrected chi connectivity index (χ4v) is 3.32. The third-order valence-corrected chi connectivity index (χ3v) is 5.08. The summed E-state index contributed by atoms with van der Waals surface area (Å²) in [6.07, 6.45) is 3.06. The normalized spacial score (nSPS) is 12.0. The average Bonchev–Trinajstić information content (AvgIpc) is 3.25. The smallest absolute Gasteiger partial charge is 0.261 e. The topological polar surface area (TPSA) is 97.6 Å². The number of aromatic amines is 1. The minimum atomic E-state index is -0.303. The fraction of sp³-hybridized carbons (Fsp3) is 0.150. The number of carbonyl (C=O) groups excluding carboxylic acids is 1. The third-order valence-electron chi connectivity index (χ3n) is 4.71. The van der Waals surface area contributed by atoms with E-state index >= 15 is 0 Å². The lowest BCUT2D eigenvalue weighted by atomic mass is 10.1. The molecular formula is C20H18N6O2S. The number of aromatic nitrogens is 5. The van der Waals surface area contributed by atoms with Crippen LogP contribution in [0.5, 0.6) is 0 Å². The number of carbonyl (C=O) groups is 1. The first-order valence-corrected chi connectivity index (χ1v) is 9.35. The molecule has 9 heteroatoms. The van der Waals surface area contributed by atoms with E-state index in [2.05, 4.69) is 20.4 Å². The van der Waals surface area contributed by atoms with E-state index in [1.54, 1.807) is 36.3 Å². The summed E-state index contributed by atoms with van der Waals surface area (Å²) in [4.78, 5) is 32.2. The highest BCUT2D eigenvalue weighted by molar-refractivity contribution is 7.71. The van der Waals surface area contributed by atoms with Crippen LogP contribution >= 0.6 is 12.2 Å². The number of hydrogen-bond donors (Lipinski definition) is 2. The second-order valence-electron chi connectivity index (χ2n) is 6.61. The van der Waals surface area contributed by atoms with Gasteiger partial charge in [0.05, 0.1) is 23.5 Å². The molecule has 0 saturated carbocycles. The number of amides is 1. The Balaban J connectivity index is 1.66. The zero-order valence-corrected chi connectivity index (χ0v) is 16.4. The van der Waals surface area contributed by atoms with Gasteiger partial charge in [0.25, 0.3) is 11.5 Å². The first kappa shape index (κ1) is 18.8. The number of benzene rings is 2. The maximum Gasteiger partial charge on any atom is 0.261 e. The van der Waals surface area contributed by atoms with Gasteiger partial charge in [-0.15, -0.1) is 0 Å². The van der Waals surface area contributed by atoms with Gasteiger partial charge in [0.2, 0.25) is 0 Å². The van der Waals surface area contributed by atoms with Gasteiger partial charge in [0.1, 0.15) is 12.7 Å². The van der Waals surface area contributed by atoms with Crippen molar-refractivity contribution in [1.82, 2.24) is 29.6 Å². The lowest BCUT2D eigenvalue weighted by Crippen LogP contribution is -2.31. The molecule has 146 valence electrons. The lowest BCUT2D eigenvalue weighted by molar-refractivity contribution is 0.0932. The van der Waals surface area contributed by atoms with E-state index in [1.165, 1.54) is 10.9 Å². The Morgan fingerprint density at radius 2 is 2.03 bits per heavy atom. The number of H-pyrrole nitrogens is 1. The molecule has 2 aromatic heterocycles. The first-order valence-electron chi connectivity index (χ1n) is 8.94. The Bertz CT molecular complexity index is 1280. The number of nitrogens with one attached hydrogen (secondary N) is 2. The molecule has 4 rings (SSSR count). The van der Waals surface area contributed by atoms with Crippen molar-refractivity contribution >= 4 is 29.0 Å². The Kier molecular flexibility index (Phi) is 5.05. The average molecular weight is 406 g/mol. The standard InChI is InChI=1S/C20H18N6O2S/c1-25-19(28)15-8-7-14(9-16(15)24-20(25)29)18(27)23-17(10-26-12-21-11-22-26)13-5-3-2-4-6-13/h2-9,11-12,17H,10H2,1H3,(H,23,27)(H,24,29). The molecule has 0 spiro atoms. The largest absolute Gasteiger partial charge is 0.343 e. The minimum Gasteiger partial charge on any atom is -0.343 e. The van der Waals surface area contributed by atoms with E-state index in [4.69, 9.17) is 12.2 Å². The van der Waals surface area contributed by atoms with E-state index in [0.717, 1.165) is 5.56 Å². The zero-order valence-electron chi connectivity index (χ0n) is 15.6. The molecule has 2 N–H and O–H groups in total. The van der Waals surface area contributed by atoms with Gasteiger partial charge in [-0.05, 0) is 36.0 Å². The molecule has 4 aromatic rings. The van der Waals surface area contributed by atoms with E-state index in [0.29, 0.717) is 27.8 Å². The van der Waals surface area contributed by atoms with Crippen LogP contribution in [-0.2, 0) is 13.6 Å². The van der Waals surface area contributed by atoms with E-state index in [9.17, 15) is 9.59 Å². The number of hydrogen-bond acceptors (Lipinski definition) is 5. The summed E-state index contributed by atoms with van der Waals surface area (Å²) in [7, 11) is 1.61. The highest BCUT2D eigenvalue weighted by Crippen LogP contribution is 2.17. The molecular weight excluding hydrogens is 388 g/mol. The number of fused-ring (bicyclic) bond motifs is 1. The van der Waals surface area contributed by atoms with Crippen molar-refractivity contribution in [3.63, 3.8) is 0 Å². The second-order valence-corrected chi connectivity index (χ2v) is 7.00. The molecule has 0 aliphatic carbocycles. The molecule has 1 atom stereocenters. The molecule has 8 nitrogen and oxygen atoms in total. The predicted octanol–water partition coefficient (Wildman–Crippen LogP) is 2.36. The Hall–Kier alpha value is -3.59. The number of nitrogens with zero attached hydrogens (tertiary/aromatic N) is 4. The van der Waals surface area contributed by atoms with E-state index in [-0.39, 0.29) is 17.5 Å². The molecule has 2 aromatic carbocycles. The zero-order chi connectivity index (χ0) is 20.4. The van der Waals surface area contributed by atoms with Crippen LogP contribution < -0.4 is 10.9 Å². The van der Waals surface area contributed by atoms with Crippen LogP contribution in [0.2, 0.25) is 0 Å². The SMILES string of the molecule is Cn1c(=S)[nH]c2cc(C(=O)NC(Cn3cncn3)c3ccccc3)ccc2c1=O. The summed E-state index contributed by atoms with van der Waals surface area (Å²) in [5.41, 5.74) is 1.70. The van der Waals surface area contributed by atoms with Gasteiger partial charge < -0.3 is 10.3 Å².